The van der Waals surface area contributed by atoms with Crippen LogP contribution in [0.1, 0.15) is 48.5 Å². The smallest absolute Gasteiger partial charge is 0.166 e. The van der Waals surface area contributed by atoms with Gasteiger partial charge in [-0.15, -0.1) is 0 Å². The highest BCUT2D eigenvalue weighted by Gasteiger charge is 2.25. The number of benzene rings is 2. The van der Waals surface area contributed by atoms with Crippen LogP contribution >= 0.6 is 0 Å². The van der Waals surface area contributed by atoms with Gasteiger partial charge in [-0.1, -0.05) is 61.9 Å². The highest BCUT2D eigenvalue weighted by molar-refractivity contribution is 5.96. The largest absolute Gasteiger partial charge is 0.485 e. The van der Waals surface area contributed by atoms with E-state index in [2.05, 4.69) is 19.1 Å². The number of rotatable bonds is 6. The fourth-order valence-electron chi connectivity index (χ4n) is 2.93. The van der Waals surface area contributed by atoms with Gasteiger partial charge >= 0.3 is 0 Å². The second kappa shape index (κ2) is 7.28. The van der Waals surface area contributed by atoms with Gasteiger partial charge in [0.2, 0.25) is 0 Å². The second-order valence-electron chi connectivity index (χ2n) is 5.96. The summed E-state index contributed by atoms with van der Waals surface area (Å²) in [7, 11) is 0. The molecule has 2 heteroatoms. The first kappa shape index (κ1) is 15.5. The first-order valence-electron chi connectivity index (χ1n) is 8.32. The molecule has 3 rings (SSSR count). The standard InChI is InChI=1S/C21H22O2/c1-2-3-9-18-14-17-12-7-8-13-20(17)23-21(18)15-19(22)16-10-5-4-6-11-16/h4-8,10-14,21H,2-3,9,15H2,1H3. The molecule has 1 aliphatic heterocycles. The van der Waals surface area contributed by atoms with E-state index in [4.69, 9.17) is 4.74 Å². The van der Waals surface area contributed by atoms with Gasteiger partial charge in [0.25, 0.3) is 0 Å². The molecule has 0 spiro atoms. The van der Waals surface area contributed by atoms with E-state index in [-0.39, 0.29) is 11.9 Å². The van der Waals surface area contributed by atoms with Gasteiger partial charge < -0.3 is 4.74 Å². The quantitative estimate of drug-likeness (QED) is 0.677. The molecule has 23 heavy (non-hydrogen) atoms. The number of carbonyl (C=O) groups excluding carboxylic acids is 1. The minimum absolute atomic E-state index is 0.136. The van der Waals surface area contributed by atoms with Crippen LogP contribution in [0.25, 0.3) is 6.08 Å². The average molecular weight is 306 g/mol. The molecule has 118 valence electrons. The molecule has 0 saturated carbocycles. The number of carbonyl (C=O) groups is 1. The minimum atomic E-state index is -0.149. The van der Waals surface area contributed by atoms with E-state index in [0.29, 0.717) is 6.42 Å². The lowest BCUT2D eigenvalue weighted by Crippen LogP contribution is -2.26. The number of para-hydroxylation sites is 1. The maximum absolute atomic E-state index is 12.5. The van der Waals surface area contributed by atoms with E-state index < -0.39 is 0 Å². The van der Waals surface area contributed by atoms with Crippen molar-refractivity contribution >= 4 is 11.9 Å². The Morgan fingerprint density at radius 3 is 2.57 bits per heavy atom. The number of unbranched alkanes of at least 4 members (excludes halogenated alkanes) is 1. The molecular formula is C21H22O2. The molecule has 0 N–H and O–H groups in total. The lowest BCUT2D eigenvalue weighted by molar-refractivity contribution is 0.0926. The van der Waals surface area contributed by atoms with E-state index in [1.165, 1.54) is 5.57 Å². The van der Waals surface area contributed by atoms with Gasteiger partial charge in [-0.3, -0.25) is 4.79 Å². The molecule has 0 radical (unpaired) electrons. The number of ketones is 1. The Morgan fingerprint density at radius 1 is 1.04 bits per heavy atom. The summed E-state index contributed by atoms with van der Waals surface area (Å²) in [5, 5.41) is 0. The fraction of sp³-hybridized carbons (Fsp3) is 0.286. The third-order valence-electron chi connectivity index (χ3n) is 4.23. The van der Waals surface area contributed by atoms with Crippen molar-refractivity contribution in [3.05, 3.63) is 71.3 Å². The lowest BCUT2D eigenvalue weighted by atomic mass is 9.92. The number of hydrogen-bond donors (Lipinski definition) is 0. The van der Waals surface area contributed by atoms with Gasteiger partial charge in [-0.05, 0) is 30.6 Å². The average Bonchev–Trinajstić information content (AvgIpc) is 2.60. The molecule has 0 fully saturated rings. The first-order valence-corrected chi connectivity index (χ1v) is 8.32. The SMILES string of the molecule is CCCCC1=Cc2ccccc2OC1CC(=O)c1ccccc1. The topological polar surface area (TPSA) is 26.3 Å². The van der Waals surface area contributed by atoms with E-state index in [0.717, 1.165) is 36.1 Å². The summed E-state index contributed by atoms with van der Waals surface area (Å²) in [4.78, 5) is 12.5. The van der Waals surface area contributed by atoms with Crippen molar-refractivity contribution in [2.24, 2.45) is 0 Å². The van der Waals surface area contributed by atoms with Crippen LogP contribution in [0.5, 0.6) is 5.75 Å². The molecule has 0 aliphatic carbocycles. The first-order chi connectivity index (χ1) is 11.3. The molecule has 2 nitrogen and oxygen atoms in total. The van der Waals surface area contributed by atoms with Gasteiger partial charge in [-0.25, -0.2) is 0 Å². The van der Waals surface area contributed by atoms with Crippen molar-refractivity contribution in [2.45, 2.75) is 38.7 Å². The van der Waals surface area contributed by atoms with Crippen LogP contribution < -0.4 is 4.74 Å². The Hall–Kier alpha value is -2.35. The minimum Gasteiger partial charge on any atom is -0.485 e. The summed E-state index contributed by atoms with van der Waals surface area (Å²) in [6.07, 6.45) is 5.69. The van der Waals surface area contributed by atoms with Gasteiger partial charge in [0.05, 0.1) is 6.42 Å². The molecule has 2 aromatic carbocycles. The predicted molar refractivity (Wildman–Crippen MR) is 93.7 cm³/mol. The van der Waals surface area contributed by atoms with Crippen molar-refractivity contribution in [1.29, 1.82) is 0 Å². The highest BCUT2D eigenvalue weighted by Crippen LogP contribution is 2.33. The van der Waals surface area contributed by atoms with Gasteiger partial charge in [0.1, 0.15) is 11.9 Å². The van der Waals surface area contributed by atoms with Crippen LogP contribution in [0.15, 0.2) is 60.2 Å². The summed E-state index contributed by atoms with van der Waals surface area (Å²) >= 11 is 0. The number of hydrogen-bond acceptors (Lipinski definition) is 2. The summed E-state index contributed by atoms with van der Waals surface area (Å²) in [6, 6.07) is 17.5. The maximum Gasteiger partial charge on any atom is 0.166 e. The Kier molecular flexibility index (Phi) is 4.92. The van der Waals surface area contributed by atoms with Gasteiger partial charge in [-0.2, -0.15) is 0 Å². The molecule has 0 amide bonds. The van der Waals surface area contributed by atoms with E-state index in [1.807, 2.05) is 48.5 Å². The molecule has 1 atom stereocenters. The molecule has 0 aromatic heterocycles. The summed E-state index contributed by atoms with van der Waals surface area (Å²) in [5.74, 6) is 1.01. The summed E-state index contributed by atoms with van der Waals surface area (Å²) in [6.45, 7) is 2.18. The van der Waals surface area contributed by atoms with E-state index >= 15 is 0 Å². The van der Waals surface area contributed by atoms with Crippen LogP contribution in [0.3, 0.4) is 0 Å². The Labute approximate surface area is 137 Å². The molecule has 2 aromatic rings. The fourth-order valence-corrected chi connectivity index (χ4v) is 2.93. The van der Waals surface area contributed by atoms with Crippen molar-refractivity contribution in [3.8, 4) is 5.75 Å². The molecule has 1 heterocycles. The third-order valence-corrected chi connectivity index (χ3v) is 4.23. The van der Waals surface area contributed by atoms with Crippen LogP contribution in [0.2, 0.25) is 0 Å². The van der Waals surface area contributed by atoms with E-state index in [9.17, 15) is 4.79 Å². The summed E-state index contributed by atoms with van der Waals surface area (Å²) in [5.41, 5.74) is 3.10. The number of ether oxygens (including phenoxy) is 1. The van der Waals surface area contributed by atoms with E-state index in [1.54, 1.807) is 0 Å². The Bertz CT molecular complexity index is 701. The molecule has 0 saturated heterocycles. The number of fused-ring (bicyclic) bond motifs is 1. The lowest BCUT2D eigenvalue weighted by Gasteiger charge is -2.27. The van der Waals surface area contributed by atoms with Gasteiger partial charge in [0, 0.05) is 11.1 Å². The van der Waals surface area contributed by atoms with Crippen LogP contribution in [0, 0.1) is 0 Å². The zero-order valence-electron chi connectivity index (χ0n) is 13.5. The molecule has 1 unspecified atom stereocenters. The molecule has 1 aliphatic rings. The second-order valence-corrected chi connectivity index (χ2v) is 5.96. The van der Waals surface area contributed by atoms with Crippen LogP contribution in [-0.2, 0) is 0 Å². The van der Waals surface area contributed by atoms with Crippen molar-refractivity contribution in [2.75, 3.05) is 0 Å². The maximum atomic E-state index is 12.5. The highest BCUT2D eigenvalue weighted by atomic mass is 16.5. The van der Waals surface area contributed by atoms with Crippen LogP contribution in [0.4, 0.5) is 0 Å². The van der Waals surface area contributed by atoms with Gasteiger partial charge in [0.15, 0.2) is 5.78 Å². The van der Waals surface area contributed by atoms with Crippen LogP contribution in [-0.4, -0.2) is 11.9 Å². The molecule has 0 bridgehead atoms. The molecular weight excluding hydrogens is 284 g/mol. The third kappa shape index (κ3) is 3.70. The predicted octanol–water partition coefficient (Wildman–Crippen LogP) is 5.29. The summed E-state index contributed by atoms with van der Waals surface area (Å²) < 4.78 is 6.14. The van der Waals surface area contributed by atoms with Crippen molar-refractivity contribution in [1.82, 2.24) is 0 Å². The van der Waals surface area contributed by atoms with Crippen molar-refractivity contribution < 1.29 is 9.53 Å². The monoisotopic (exact) mass is 306 g/mol. The normalized spacial score (nSPS) is 16.2. The zero-order chi connectivity index (χ0) is 16.1. The Morgan fingerprint density at radius 2 is 1.78 bits per heavy atom. The number of Topliss-reactive ketones (excluding diaryl/α,β-unsaturated/α-hetero) is 1. The zero-order valence-corrected chi connectivity index (χ0v) is 13.5. The Balaban J connectivity index is 1.81. The van der Waals surface area contributed by atoms with Crippen molar-refractivity contribution in [3.63, 3.8) is 0 Å².